The minimum Gasteiger partial charge on any atom is -0.503 e. The molecule has 0 amide bonds. The number of carbonyl (C=O) groups excluding carboxylic acids is 1. The normalized spacial score (nSPS) is 10.6. The molecule has 6 heteroatoms. The molecule has 0 radical (unpaired) electrons. The average molecular weight is 234 g/mol. The molecule has 0 aliphatic rings. The van der Waals surface area contributed by atoms with Gasteiger partial charge in [0.15, 0.2) is 17.4 Å². The maximum absolute atomic E-state index is 13.2. The van der Waals surface area contributed by atoms with Gasteiger partial charge in [-0.2, -0.15) is 4.39 Å². The standard InChI is InChI=1S/C10H9F3O3/c1-4(2)16-10(15)5-3-6(11)8(13)9(14)7(5)12/h3-4,14H,1-2H3. The highest BCUT2D eigenvalue weighted by atomic mass is 19.2. The predicted molar refractivity (Wildman–Crippen MR) is 48.5 cm³/mol. The Morgan fingerprint density at radius 1 is 1.31 bits per heavy atom. The lowest BCUT2D eigenvalue weighted by Crippen LogP contribution is -2.14. The fourth-order valence-electron chi connectivity index (χ4n) is 1.02. The third kappa shape index (κ3) is 2.26. The summed E-state index contributed by atoms with van der Waals surface area (Å²) in [6, 6.07) is 0.342. The lowest BCUT2D eigenvalue weighted by molar-refractivity contribution is 0.0370. The van der Waals surface area contributed by atoms with Gasteiger partial charge in [-0.1, -0.05) is 0 Å². The SMILES string of the molecule is CC(C)OC(=O)c1cc(F)c(F)c(O)c1F. The van der Waals surface area contributed by atoms with E-state index in [4.69, 9.17) is 5.11 Å². The number of hydrogen-bond donors (Lipinski definition) is 1. The molecule has 0 aliphatic heterocycles. The van der Waals surface area contributed by atoms with Crippen molar-refractivity contribution in [3.63, 3.8) is 0 Å². The zero-order chi connectivity index (χ0) is 12.5. The molecule has 0 unspecified atom stereocenters. The van der Waals surface area contributed by atoms with Gasteiger partial charge in [0.1, 0.15) is 5.56 Å². The number of hydrogen-bond acceptors (Lipinski definition) is 3. The Morgan fingerprint density at radius 2 is 1.88 bits per heavy atom. The van der Waals surface area contributed by atoms with Crippen LogP contribution in [0.5, 0.6) is 5.75 Å². The summed E-state index contributed by atoms with van der Waals surface area (Å²) >= 11 is 0. The Bertz CT molecular complexity index is 430. The highest BCUT2D eigenvalue weighted by Gasteiger charge is 2.23. The molecule has 16 heavy (non-hydrogen) atoms. The first-order chi connectivity index (χ1) is 7.34. The monoisotopic (exact) mass is 234 g/mol. The van der Waals surface area contributed by atoms with Gasteiger partial charge in [0.2, 0.25) is 5.82 Å². The largest absolute Gasteiger partial charge is 0.503 e. The van der Waals surface area contributed by atoms with Gasteiger partial charge < -0.3 is 9.84 Å². The fourth-order valence-corrected chi connectivity index (χ4v) is 1.02. The van der Waals surface area contributed by atoms with E-state index in [0.717, 1.165) is 0 Å². The van der Waals surface area contributed by atoms with E-state index in [2.05, 4.69) is 4.74 Å². The number of aromatic hydroxyl groups is 1. The van der Waals surface area contributed by atoms with Crippen LogP contribution in [0.1, 0.15) is 24.2 Å². The van der Waals surface area contributed by atoms with Crippen LogP contribution in [0.4, 0.5) is 13.2 Å². The van der Waals surface area contributed by atoms with Crippen molar-refractivity contribution in [2.75, 3.05) is 0 Å². The predicted octanol–water partition coefficient (Wildman–Crippen LogP) is 2.37. The zero-order valence-electron chi connectivity index (χ0n) is 8.55. The molecule has 0 fully saturated rings. The first-order valence-corrected chi connectivity index (χ1v) is 4.42. The van der Waals surface area contributed by atoms with Crippen LogP contribution in [0.25, 0.3) is 0 Å². The first kappa shape index (κ1) is 12.4. The molecule has 1 aromatic carbocycles. The summed E-state index contributed by atoms with van der Waals surface area (Å²) < 4.78 is 43.3. The van der Waals surface area contributed by atoms with E-state index in [0.29, 0.717) is 6.07 Å². The summed E-state index contributed by atoms with van der Waals surface area (Å²) in [6.07, 6.45) is -0.540. The van der Waals surface area contributed by atoms with Gasteiger partial charge in [0, 0.05) is 0 Å². The van der Waals surface area contributed by atoms with Crippen molar-refractivity contribution < 1.29 is 27.8 Å². The second-order valence-electron chi connectivity index (χ2n) is 3.34. The molecule has 1 N–H and O–H groups in total. The Kier molecular flexibility index (Phi) is 3.41. The minimum atomic E-state index is -1.74. The minimum absolute atomic E-state index is 0.342. The molecule has 0 aliphatic carbocycles. The molecule has 88 valence electrons. The number of benzene rings is 1. The lowest BCUT2D eigenvalue weighted by atomic mass is 10.2. The third-order valence-electron chi connectivity index (χ3n) is 1.70. The quantitative estimate of drug-likeness (QED) is 0.631. The van der Waals surface area contributed by atoms with Gasteiger partial charge in [-0.3, -0.25) is 0 Å². The molecule has 0 spiro atoms. The highest BCUT2D eigenvalue weighted by molar-refractivity contribution is 5.90. The Labute approximate surface area is 89.5 Å². The summed E-state index contributed by atoms with van der Waals surface area (Å²) in [5, 5.41) is 8.85. The van der Waals surface area contributed by atoms with E-state index in [1.807, 2.05) is 0 Å². The van der Waals surface area contributed by atoms with Crippen LogP contribution in [0.15, 0.2) is 6.07 Å². The van der Waals surface area contributed by atoms with Crippen LogP contribution in [-0.4, -0.2) is 17.2 Å². The number of phenolic OH excluding ortho intramolecular Hbond substituents is 1. The van der Waals surface area contributed by atoms with E-state index in [-0.39, 0.29) is 0 Å². The maximum Gasteiger partial charge on any atom is 0.341 e. The van der Waals surface area contributed by atoms with E-state index in [1.54, 1.807) is 0 Å². The first-order valence-electron chi connectivity index (χ1n) is 4.42. The topological polar surface area (TPSA) is 46.5 Å². The van der Waals surface area contributed by atoms with Crippen LogP contribution in [0.3, 0.4) is 0 Å². The van der Waals surface area contributed by atoms with Crippen molar-refractivity contribution in [1.82, 2.24) is 0 Å². The lowest BCUT2D eigenvalue weighted by Gasteiger charge is -2.09. The van der Waals surface area contributed by atoms with Crippen molar-refractivity contribution in [2.45, 2.75) is 20.0 Å². The van der Waals surface area contributed by atoms with Gasteiger partial charge in [-0.25, -0.2) is 13.6 Å². The molecular formula is C10H9F3O3. The van der Waals surface area contributed by atoms with E-state index in [1.165, 1.54) is 13.8 Å². The van der Waals surface area contributed by atoms with Crippen molar-refractivity contribution >= 4 is 5.97 Å². The molecule has 0 bridgehead atoms. The van der Waals surface area contributed by atoms with Crippen LogP contribution in [0, 0.1) is 17.5 Å². The summed E-state index contributed by atoms with van der Waals surface area (Å²) in [4.78, 5) is 11.2. The average Bonchev–Trinajstić information content (AvgIpc) is 2.19. The third-order valence-corrected chi connectivity index (χ3v) is 1.70. The zero-order valence-corrected chi connectivity index (χ0v) is 8.55. The van der Waals surface area contributed by atoms with Gasteiger partial charge >= 0.3 is 5.97 Å². The maximum atomic E-state index is 13.2. The van der Waals surface area contributed by atoms with Crippen LogP contribution < -0.4 is 0 Å². The number of phenols is 1. The Hall–Kier alpha value is -1.72. The molecule has 0 aromatic heterocycles. The summed E-state index contributed by atoms with van der Waals surface area (Å²) in [5.41, 5.74) is -0.842. The molecule has 0 heterocycles. The summed E-state index contributed by atoms with van der Waals surface area (Å²) in [6.45, 7) is 3.02. The summed E-state index contributed by atoms with van der Waals surface area (Å²) in [7, 11) is 0. The number of esters is 1. The van der Waals surface area contributed by atoms with Crippen LogP contribution in [-0.2, 0) is 4.74 Å². The van der Waals surface area contributed by atoms with Crippen molar-refractivity contribution in [3.05, 3.63) is 29.1 Å². The van der Waals surface area contributed by atoms with Crippen LogP contribution in [0.2, 0.25) is 0 Å². The van der Waals surface area contributed by atoms with Gasteiger partial charge in [-0.15, -0.1) is 0 Å². The molecule has 0 saturated heterocycles. The van der Waals surface area contributed by atoms with E-state index < -0.39 is 40.8 Å². The van der Waals surface area contributed by atoms with Crippen molar-refractivity contribution in [1.29, 1.82) is 0 Å². The van der Waals surface area contributed by atoms with E-state index in [9.17, 15) is 18.0 Å². The van der Waals surface area contributed by atoms with Gasteiger partial charge in [0.05, 0.1) is 6.10 Å². The number of halogens is 3. The van der Waals surface area contributed by atoms with E-state index >= 15 is 0 Å². The molecule has 0 saturated carbocycles. The van der Waals surface area contributed by atoms with Crippen LogP contribution >= 0.6 is 0 Å². The number of ether oxygens (including phenoxy) is 1. The molecule has 3 nitrogen and oxygen atoms in total. The second-order valence-corrected chi connectivity index (χ2v) is 3.34. The fraction of sp³-hybridized carbons (Fsp3) is 0.300. The smallest absolute Gasteiger partial charge is 0.341 e. The van der Waals surface area contributed by atoms with Gasteiger partial charge in [-0.05, 0) is 19.9 Å². The Morgan fingerprint density at radius 3 is 2.38 bits per heavy atom. The molecule has 1 aromatic rings. The number of rotatable bonds is 2. The van der Waals surface area contributed by atoms with Crippen molar-refractivity contribution in [2.24, 2.45) is 0 Å². The summed E-state index contributed by atoms with van der Waals surface area (Å²) in [5.74, 6) is -7.49. The molecular weight excluding hydrogens is 225 g/mol. The molecule has 1 rings (SSSR count). The highest BCUT2D eigenvalue weighted by Crippen LogP contribution is 2.26. The van der Waals surface area contributed by atoms with Gasteiger partial charge in [0.25, 0.3) is 0 Å². The van der Waals surface area contributed by atoms with Crippen molar-refractivity contribution in [3.8, 4) is 5.75 Å². The number of carbonyl (C=O) groups is 1. The second kappa shape index (κ2) is 4.42. The Balaban J connectivity index is 3.20. The molecule has 0 atom stereocenters.